The van der Waals surface area contributed by atoms with E-state index in [4.69, 9.17) is 0 Å². The molecule has 0 amide bonds. The summed E-state index contributed by atoms with van der Waals surface area (Å²) in [4.78, 5) is 2.72. The third kappa shape index (κ3) is 10.5. The summed E-state index contributed by atoms with van der Waals surface area (Å²) in [5, 5.41) is 0. The maximum Gasteiger partial charge on any atom is 0.0217 e. The summed E-state index contributed by atoms with van der Waals surface area (Å²) >= 11 is 0. The lowest BCUT2D eigenvalue weighted by Gasteiger charge is -2.36. The summed E-state index contributed by atoms with van der Waals surface area (Å²) < 4.78 is 0. The molecule has 1 aliphatic heterocycles. The van der Waals surface area contributed by atoms with Gasteiger partial charge in [0.1, 0.15) is 0 Å². The lowest BCUT2D eigenvalue weighted by atomic mass is 9.79. The van der Waals surface area contributed by atoms with Crippen molar-refractivity contribution in [2.45, 2.75) is 98.8 Å². The largest absolute Gasteiger partial charge is 0.302 e. The van der Waals surface area contributed by atoms with Crippen molar-refractivity contribution >= 4 is 0 Å². The van der Waals surface area contributed by atoms with Crippen LogP contribution in [0.25, 0.3) is 0 Å². The van der Waals surface area contributed by atoms with Gasteiger partial charge in [-0.2, -0.15) is 0 Å². The van der Waals surface area contributed by atoms with Gasteiger partial charge in [0.15, 0.2) is 0 Å². The van der Waals surface area contributed by atoms with E-state index in [0.717, 1.165) is 18.4 Å². The third-order valence-electron chi connectivity index (χ3n) is 6.94. The Bertz CT molecular complexity index is 612. The predicted octanol–water partition coefficient (Wildman–Crippen LogP) is 9.58. The molecule has 2 aromatic carbocycles. The van der Waals surface area contributed by atoms with Crippen molar-refractivity contribution in [1.29, 1.82) is 0 Å². The highest BCUT2D eigenvalue weighted by Crippen LogP contribution is 2.34. The number of piperidine rings is 1. The highest BCUT2D eigenvalue weighted by atomic mass is 15.1. The van der Waals surface area contributed by atoms with Crippen molar-refractivity contribution in [1.82, 2.24) is 4.90 Å². The lowest BCUT2D eigenvalue weighted by molar-refractivity contribution is 0.155. The van der Waals surface area contributed by atoms with E-state index in [1.807, 2.05) is 41.5 Å². The molecule has 2 aliphatic rings. The first-order valence-corrected chi connectivity index (χ1v) is 14.2. The van der Waals surface area contributed by atoms with E-state index in [9.17, 15) is 0 Å². The van der Waals surface area contributed by atoms with Crippen LogP contribution >= 0.6 is 0 Å². The Kier molecular flexibility index (Phi) is 16.8. The molecule has 1 saturated carbocycles. The molecular weight excluding hydrogens is 398 g/mol. The third-order valence-corrected chi connectivity index (χ3v) is 6.94. The van der Waals surface area contributed by atoms with Crippen LogP contribution in [0.15, 0.2) is 60.7 Å². The average molecular weight is 452 g/mol. The first kappa shape index (κ1) is 29.4. The summed E-state index contributed by atoms with van der Waals surface area (Å²) in [5.74, 6) is 2.51. The lowest BCUT2D eigenvalue weighted by Crippen LogP contribution is -2.37. The quantitative estimate of drug-likeness (QED) is 0.422. The van der Waals surface area contributed by atoms with Crippen molar-refractivity contribution in [2.24, 2.45) is 11.8 Å². The van der Waals surface area contributed by atoms with Crippen LogP contribution < -0.4 is 0 Å². The Morgan fingerprint density at radius 2 is 1.03 bits per heavy atom. The fourth-order valence-electron chi connectivity index (χ4n) is 5.33. The van der Waals surface area contributed by atoms with Crippen molar-refractivity contribution in [2.75, 3.05) is 19.6 Å². The summed E-state index contributed by atoms with van der Waals surface area (Å²) in [6.07, 6.45) is 11.8. The van der Waals surface area contributed by atoms with Crippen LogP contribution in [-0.4, -0.2) is 24.5 Å². The molecule has 186 valence electrons. The fourth-order valence-corrected chi connectivity index (χ4v) is 5.33. The molecule has 0 N–H and O–H groups in total. The van der Waals surface area contributed by atoms with Crippen LogP contribution in [0.5, 0.6) is 0 Å². The molecule has 1 heterocycles. The van der Waals surface area contributed by atoms with E-state index in [2.05, 4.69) is 65.6 Å². The standard InChI is InChI=1S/C26H35N.3C2H6/c1-4-10-22(11-5-1)20-23-16-18-27(19-17-23)21-26(24-12-6-2-7-13-24)25-14-8-3-9-15-25;3*1-2/h2-3,6-9,12-15,22-23,26H,1,4-5,10-11,16-21H2;3*1-2H3. The smallest absolute Gasteiger partial charge is 0.0217 e. The Morgan fingerprint density at radius 1 is 0.606 bits per heavy atom. The minimum Gasteiger partial charge on any atom is -0.302 e. The molecule has 1 aliphatic carbocycles. The molecule has 2 aromatic rings. The highest BCUT2D eigenvalue weighted by molar-refractivity contribution is 5.32. The van der Waals surface area contributed by atoms with Crippen molar-refractivity contribution in [3.05, 3.63) is 71.8 Å². The topological polar surface area (TPSA) is 3.24 Å². The van der Waals surface area contributed by atoms with E-state index in [1.165, 1.54) is 75.6 Å². The van der Waals surface area contributed by atoms with Gasteiger partial charge in [0.2, 0.25) is 0 Å². The Balaban J connectivity index is 0.000000841. The van der Waals surface area contributed by atoms with Gasteiger partial charge in [-0.05, 0) is 55.3 Å². The number of hydrogen-bond acceptors (Lipinski definition) is 1. The molecule has 33 heavy (non-hydrogen) atoms. The molecule has 0 aromatic heterocycles. The molecule has 1 nitrogen and oxygen atoms in total. The van der Waals surface area contributed by atoms with Crippen LogP contribution in [0.3, 0.4) is 0 Å². The maximum atomic E-state index is 2.72. The van der Waals surface area contributed by atoms with Gasteiger partial charge < -0.3 is 4.90 Å². The molecule has 0 spiro atoms. The van der Waals surface area contributed by atoms with Gasteiger partial charge in [-0.25, -0.2) is 0 Å². The minimum absolute atomic E-state index is 0.488. The van der Waals surface area contributed by atoms with Gasteiger partial charge in [0.05, 0.1) is 0 Å². The average Bonchev–Trinajstić information content (AvgIpc) is 2.93. The molecule has 0 radical (unpaired) electrons. The predicted molar refractivity (Wildman–Crippen MR) is 149 cm³/mol. The van der Waals surface area contributed by atoms with Crippen LogP contribution in [-0.2, 0) is 0 Å². The number of nitrogens with zero attached hydrogens (tertiary/aromatic N) is 1. The maximum absolute atomic E-state index is 2.72. The van der Waals surface area contributed by atoms with Gasteiger partial charge in [0.25, 0.3) is 0 Å². The second-order valence-electron chi connectivity index (χ2n) is 8.86. The van der Waals surface area contributed by atoms with Gasteiger partial charge in [-0.3, -0.25) is 0 Å². The van der Waals surface area contributed by atoms with Gasteiger partial charge in [0, 0.05) is 12.5 Å². The second kappa shape index (κ2) is 18.8. The summed E-state index contributed by atoms with van der Waals surface area (Å²) in [6.45, 7) is 15.7. The fraction of sp³-hybridized carbons (Fsp3) is 0.625. The Hall–Kier alpha value is -1.60. The number of rotatable bonds is 6. The van der Waals surface area contributed by atoms with Crippen molar-refractivity contribution in [3.63, 3.8) is 0 Å². The normalized spacial score (nSPS) is 17.1. The minimum atomic E-state index is 0.488. The molecule has 1 saturated heterocycles. The molecule has 0 bridgehead atoms. The van der Waals surface area contributed by atoms with E-state index >= 15 is 0 Å². The number of benzene rings is 2. The van der Waals surface area contributed by atoms with E-state index in [-0.39, 0.29) is 0 Å². The summed E-state index contributed by atoms with van der Waals surface area (Å²) in [5.41, 5.74) is 2.90. The van der Waals surface area contributed by atoms with Crippen LogP contribution in [0.2, 0.25) is 0 Å². The highest BCUT2D eigenvalue weighted by Gasteiger charge is 2.25. The molecule has 0 unspecified atom stereocenters. The van der Waals surface area contributed by atoms with E-state index in [1.54, 1.807) is 0 Å². The number of likely N-dealkylation sites (tertiary alicyclic amines) is 1. The number of hydrogen-bond donors (Lipinski definition) is 0. The monoisotopic (exact) mass is 451 g/mol. The second-order valence-corrected chi connectivity index (χ2v) is 8.86. The molecule has 2 fully saturated rings. The van der Waals surface area contributed by atoms with Crippen LogP contribution in [0, 0.1) is 11.8 Å². The van der Waals surface area contributed by atoms with Crippen LogP contribution in [0.1, 0.15) is 110 Å². The van der Waals surface area contributed by atoms with Gasteiger partial charge in [-0.15, -0.1) is 0 Å². The molecule has 4 rings (SSSR count). The Labute approximate surface area is 207 Å². The first-order chi connectivity index (χ1) is 16.4. The molecular formula is C32H53N. The van der Waals surface area contributed by atoms with Crippen molar-refractivity contribution in [3.8, 4) is 0 Å². The zero-order valence-electron chi connectivity index (χ0n) is 22.7. The van der Waals surface area contributed by atoms with Gasteiger partial charge in [-0.1, -0.05) is 134 Å². The first-order valence-electron chi connectivity index (χ1n) is 14.2. The summed E-state index contributed by atoms with van der Waals surface area (Å²) in [6, 6.07) is 22.2. The van der Waals surface area contributed by atoms with Crippen molar-refractivity contribution < 1.29 is 0 Å². The SMILES string of the molecule is CC.CC.CC.c1ccc(C(CN2CCC(CC3CCCCC3)CC2)c2ccccc2)cc1. The molecule has 0 atom stereocenters. The van der Waals surface area contributed by atoms with Gasteiger partial charge >= 0.3 is 0 Å². The van der Waals surface area contributed by atoms with E-state index < -0.39 is 0 Å². The summed E-state index contributed by atoms with van der Waals surface area (Å²) in [7, 11) is 0. The zero-order valence-corrected chi connectivity index (χ0v) is 22.7. The molecule has 1 heteroatoms. The zero-order chi connectivity index (χ0) is 24.3. The van der Waals surface area contributed by atoms with Crippen LogP contribution in [0.4, 0.5) is 0 Å². The Morgan fingerprint density at radius 3 is 1.48 bits per heavy atom. The van der Waals surface area contributed by atoms with E-state index in [0.29, 0.717) is 5.92 Å².